The van der Waals surface area contributed by atoms with E-state index in [1.165, 1.54) is 11.1 Å². The van der Waals surface area contributed by atoms with Gasteiger partial charge in [0.25, 0.3) is 0 Å². The maximum atomic E-state index is 12.9. The van der Waals surface area contributed by atoms with Crippen molar-refractivity contribution >= 4 is 11.9 Å². The first kappa shape index (κ1) is 23.6. The van der Waals surface area contributed by atoms with Gasteiger partial charge in [-0.3, -0.25) is 9.79 Å². The van der Waals surface area contributed by atoms with Gasteiger partial charge >= 0.3 is 0 Å². The van der Waals surface area contributed by atoms with Crippen molar-refractivity contribution in [3.63, 3.8) is 0 Å². The summed E-state index contributed by atoms with van der Waals surface area (Å²) in [7, 11) is 3.70. The first-order valence-electron chi connectivity index (χ1n) is 11.9. The molecule has 2 N–H and O–H groups in total. The second-order valence-electron chi connectivity index (χ2n) is 9.37. The highest BCUT2D eigenvalue weighted by atomic mass is 16.5. The molecule has 0 spiro atoms. The second-order valence-corrected chi connectivity index (χ2v) is 9.37. The van der Waals surface area contributed by atoms with E-state index in [1.54, 1.807) is 4.90 Å². The Hall–Kier alpha value is -2.08. The minimum absolute atomic E-state index is 0.112. The van der Waals surface area contributed by atoms with Crippen LogP contribution in [0.4, 0.5) is 0 Å². The summed E-state index contributed by atoms with van der Waals surface area (Å²) in [5.41, 5.74) is 2.17. The number of nitrogens with one attached hydrogen (secondary N) is 2. The molecule has 2 atom stereocenters. The molecule has 6 nitrogen and oxygen atoms in total. The van der Waals surface area contributed by atoms with Crippen LogP contribution in [0.15, 0.2) is 29.3 Å². The Morgan fingerprint density at radius 1 is 1.16 bits per heavy atom. The SMILES string of the molecule is CCNC(=NCC1(C(=O)N(C)C)CCCC1)NCC1CCCOC1c1ccc(C)cc1. The summed E-state index contributed by atoms with van der Waals surface area (Å²) < 4.78 is 6.17. The Kier molecular flexibility index (Phi) is 8.35. The molecule has 2 unspecified atom stereocenters. The number of rotatable bonds is 7. The topological polar surface area (TPSA) is 66.0 Å². The molecule has 172 valence electrons. The lowest BCUT2D eigenvalue weighted by molar-refractivity contribution is -0.138. The zero-order valence-corrected chi connectivity index (χ0v) is 19.7. The molecule has 1 saturated carbocycles. The standard InChI is InChI=1S/C25H40N4O2/c1-5-26-24(28-18-25(14-6-7-15-25)23(30)29(3)4)27-17-21-9-8-16-31-22(21)20-12-10-19(2)11-13-20/h10-13,21-22H,5-9,14-18H2,1-4H3,(H2,26,27,28). The van der Waals surface area contributed by atoms with Crippen molar-refractivity contribution in [3.8, 4) is 0 Å². The Balaban J connectivity index is 1.67. The Morgan fingerprint density at radius 2 is 1.87 bits per heavy atom. The van der Waals surface area contributed by atoms with Crippen molar-refractivity contribution in [1.29, 1.82) is 0 Å². The van der Waals surface area contributed by atoms with Crippen molar-refractivity contribution in [3.05, 3.63) is 35.4 Å². The van der Waals surface area contributed by atoms with E-state index >= 15 is 0 Å². The molecule has 1 heterocycles. The minimum atomic E-state index is -0.343. The second kappa shape index (κ2) is 11.0. The van der Waals surface area contributed by atoms with Gasteiger partial charge in [-0.1, -0.05) is 42.7 Å². The van der Waals surface area contributed by atoms with Gasteiger partial charge < -0.3 is 20.3 Å². The number of amides is 1. The van der Waals surface area contributed by atoms with E-state index in [-0.39, 0.29) is 17.4 Å². The number of hydrogen-bond donors (Lipinski definition) is 2. The molecule has 1 aliphatic heterocycles. The van der Waals surface area contributed by atoms with Crippen LogP contribution >= 0.6 is 0 Å². The minimum Gasteiger partial charge on any atom is -0.373 e. The molecule has 1 aromatic carbocycles. The monoisotopic (exact) mass is 428 g/mol. The van der Waals surface area contributed by atoms with E-state index in [1.807, 2.05) is 14.1 Å². The number of benzene rings is 1. The lowest BCUT2D eigenvalue weighted by Crippen LogP contribution is -2.44. The summed E-state index contributed by atoms with van der Waals surface area (Å²) >= 11 is 0. The summed E-state index contributed by atoms with van der Waals surface area (Å²) in [5, 5.41) is 6.91. The maximum Gasteiger partial charge on any atom is 0.230 e. The molecule has 1 amide bonds. The van der Waals surface area contributed by atoms with Crippen LogP contribution in [0.1, 0.15) is 62.7 Å². The largest absolute Gasteiger partial charge is 0.373 e. The fraction of sp³-hybridized carbons (Fsp3) is 0.680. The van der Waals surface area contributed by atoms with Crippen molar-refractivity contribution < 1.29 is 9.53 Å². The molecule has 6 heteroatoms. The van der Waals surface area contributed by atoms with Gasteiger partial charge in [0.2, 0.25) is 5.91 Å². The molecule has 1 aromatic rings. The van der Waals surface area contributed by atoms with E-state index < -0.39 is 0 Å². The predicted octanol–water partition coefficient (Wildman–Crippen LogP) is 3.67. The molecule has 2 fully saturated rings. The zero-order valence-electron chi connectivity index (χ0n) is 19.7. The van der Waals surface area contributed by atoms with Gasteiger partial charge in [0, 0.05) is 39.7 Å². The van der Waals surface area contributed by atoms with Gasteiger partial charge in [0.05, 0.1) is 18.1 Å². The summed E-state index contributed by atoms with van der Waals surface area (Å²) in [6.45, 7) is 7.15. The molecule has 0 aromatic heterocycles. The molecule has 0 radical (unpaired) electrons. The van der Waals surface area contributed by atoms with Crippen LogP contribution in [0, 0.1) is 18.3 Å². The summed E-state index contributed by atoms with van der Waals surface area (Å²) in [6, 6.07) is 8.70. The number of aliphatic imine (C=N–C) groups is 1. The summed E-state index contributed by atoms with van der Waals surface area (Å²) in [5.74, 6) is 1.41. The highest BCUT2D eigenvalue weighted by Crippen LogP contribution is 2.40. The van der Waals surface area contributed by atoms with Gasteiger partial charge in [-0.25, -0.2) is 0 Å². The van der Waals surface area contributed by atoms with Gasteiger partial charge in [-0.2, -0.15) is 0 Å². The van der Waals surface area contributed by atoms with Crippen molar-refractivity contribution in [2.75, 3.05) is 40.3 Å². The Morgan fingerprint density at radius 3 is 2.52 bits per heavy atom. The molecular formula is C25H40N4O2. The molecule has 1 aliphatic carbocycles. The van der Waals surface area contributed by atoms with Gasteiger partial charge in [-0.15, -0.1) is 0 Å². The van der Waals surface area contributed by atoms with Gasteiger partial charge in [0.15, 0.2) is 5.96 Å². The third kappa shape index (κ3) is 6.00. The number of aryl methyl sites for hydroxylation is 1. The number of hydrogen-bond acceptors (Lipinski definition) is 3. The van der Waals surface area contributed by atoms with Crippen molar-refractivity contribution in [1.82, 2.24) is 15.5 Å². The number of guanidine groups is 1. The lowest BCUT2D eigenvalue weighted by Gasteiger charge is -2.33. The van der Waals surface area contributed by atoms with Crippen LogP contribution in [0.2, 0.25) is 0 Å². The van der Waals surface area contributed by atoms with Crippen LogP contribution in [0.5, 0.6) is 0 Å². The predicted molar refractivity (Wildman–Crippen MR) is 126 cm³/mol. The molecule has 2 aliphatic rings. The molecule has 3 rings (SSSR count). The summed E-state index contributed by atoms with van der Waals surface area (Å²) in [6.07, 6.45) is 6.41. The first-order valence-corrected chi connectivity index (χ1v) is 11.9. The normalized spacial score (nSPS) is 23.4. The molecule has 0 bridgehead atoms. The Bertz CT molecular complexity index is 738. The number of nitrogens with zero attached hydrogens (tertiary/aromatic N) is 2. The maximum absolute atomic E-state index is 12.9. The fourth-order valence-electron chi connectivity index (χ4n) is 4.94. The van der Waals surface area contributed by atoms with Crippen LogP contribution in [0.3, 0.4) is 0 Å². The average Bonchev–Trinajstić information content (AvgIpc) is 3.26. The van der Waals surface area contributed by atoms with Crippen LogP contribution in [0.25, 0.3) is 0 Å². The summed E-state index contributed by atoms with van der Waals surface area (Å²) in [4.78, 5) is 19.5. The Labute approximate surface area is 187 Å². The highest BCUT2D eigenvalue weighted by Gasteiger charge is 2.42. The zero-order chi connectivity index (χ0) is 22.3. The van der Waals surface area contributed by atoms with E-state index in [2.05, 4.69) is 48.7 Å². The lowest BCUT2D eigenvalue weighted by atomic mass is 9.85. The molecular weight excluding hydrogens is 388 g/mol. The van der Waals surface area contributed by atoms with Crippen molar-refractivity contribution in [2.45, 2.75) is 58.5 Å². The van der Waals surface area contributed by atoms with E-state index in [4.69, 9.17) is 9.73 Å². The number of ether oxygens (including phenoxy) is 1. The third-order valence-corrected chi connectivity index (χ3v) is 6.69. The number of carbonyl (C=O) groups is 1. The first-order chi connectivity index (χ1) is 14.9. The number of carbonyl (C=O) groups excluding carboxylic acids is 1. The molecule has 1 saturated heterocycles. The van der Waals surface area contributed by atoms with E-state index in [0.29, 0.717) is 12.5 Å². The third-order valence-electron chi connectivity index (χ3n) is 6.69. The van der Waals surface area contributed by atoms with E-state index in [9.17, 15) is 4.79 Å². The van der Waals surface area contributed by atoms with Crippen LogP contribution in [-0.4, -0.2) is 57.1 Å². The van der Waals surface area contributed by atoms with Crippen LogP contribution in [-0.2, 0) is 9.53 Å². The van der Waals surface area contributed by atoms with Crippen LogP contribution < -0.4 is 10.6 Å². The van der Waals surface area contributed by atoms with Gasteiger partial charge in [-0.05, 0) is 45.1 Å². The van der Waals surface area contributed by atoms with Gasteiger partial charge in [0.1, 0.15) is 0 Å². The smallest absolute Gasteiger partial charge is 0.230 e. The highest BCUT2D eigenvalue weighted by molar-refractivity contribution is 5.84. The van der Waals surface area contributed by atoms with E-state index in [0.717, 1.165) is 64.2 Å². The fourth-order valence-corrected chi connectivity index (χ4v) is 4.94. The molecule has 31 heavy (non-hydrogen) atoms. The quantitative estimate of drug-likeness (QED) is 0.514. The van der Waals surface area contributed by atoms with Crippen molar-refractivity contribution in [2.24, 2.45) is 16.3 Å². The average molecular weight is 429 g/mol.